The lowest BCUT2D eigenvalue weighted by Gasteiger charge is -2.37. The molecule has 0 bridgehead atoms. The number of benzene rings is 2. The number of fused-ring (bicyclic) bond motifs is 1. The molecule has 21 heavy (non-hydrogen) atoms. The van der Waals surface area contributed by atoms with Crippen LogP contribution in [-0.2, 0) is 5.41 Å². The second-order valence-electron chi connectivity index (χ2n) is 7.41. The standard InChI is InChI=1S/C20H24Si/c1-21(2,3)16-20(14-7-4-8-15-20)19-13-9-11-17-10-5-6-12-18(17)19/h4-14H,15-16H2,1-3H3. The van der Waals surface area contributed by atoms with Crippen molar-refractivity contribution in [2.75, 3.05) is 0 Å². The van der Waals surface area contributed by atoms with Crippen molar-refractivity contribution in [1.82, 2.24) is 0 Å². The van der Waals surface area contributed by atoms with E-state index in [1.165, 1.54) is 22.4 Å². The van der Waals surface area contributed by atoms with Crippen molar-refractivity contribution in [3.05, 3.63) is 72.3 Å². The third-order valence-corrected chi connectivity index (χ3v) is 6.01. The molecule has 0 radical (unpaired) electrons. The van der Waals surface area contributed by atoms with E-state index < -0.39 is 8.07 Å². The Hall–Kier alpha value is -1.60. The van der Waals surface area contributed by atoms with Gasteiger partial charge in [0.2, 0.25) is 0 Å². The Morgan fingerprint density at radius 3 is 2.43 bits per heavy atom. The van der Waals surface area contributed by atoms with Crippen LogP contribution in [0.2, 0.25) is 25.7 Å². The zero-order valence-corrected chi connectivity index (χ0v) is 14.3. The number of hydrogen-bond acceptors (Lipinski definition) is 0. The Morgan fingerprint density at radius 2 is 1.71 bits per heavy atom. The topological polar surface area (TPSA) is 0 Å². The lowest BCUT2D eigenvalue weighted by atomic mass is 9.75. The highest BCUT2D eigenvalue weighted by Gasteiger charge is 2.35. The highest BCUT2D eigenvalue weighted by molar-refractivity contribution is 6.76. The number of rotatable bonds is 3. The van der Waals surface area contributed by atoms with E-state index in [0.717, 1.165) is 6.42 Å². The lowest BCUT2D eigenvalue weighted by Crippen LogP contribution is -2.35. The summed E-state index contributed by atoms with van der Waals surface area (Å²) in [6.07, 6.45) is 10.3. The lowest BCUT2D eigenvalue weighted by molar-refractivity contribution is 0.595. The van der Waals surface area contributed by atoms with E-state index >= 15 is 0 Å². The van der Waals surface area contributed by atoms with E-state index in [2.05, 4.69) is 86.4 Å². The molecule has 0 fully saturated rings. The maximum absolute atomic E-state index is 2.48. The molecule has 2 aromatic carbocycles. The van der Waals surface area contributed by atoms with Gasteiger partial charge in [0.15, 0.2) is 0 Å². The predicted octanol–water partition coefficient (Wildman–Crippen LogP) is 5.93. The van der Waals surface area contributed by atoms with Gasteiger partial charge in [-0.25, -0.2) is 0 Å². The van der Waals surface area contributed by atoms with Gasteiger partial charge in [-0.3, -0.25) is 0 Å². The monoisotopic (exact) mass is 292 g/mol. The normalized spacial score (nSPS) is 21.9. The van der Waals surface area contributed by atoms with Crippen molar-refractivity contribution in [2.45, 2.75) is 37.5 Å². The zero-order valence-electron chi connectivity index (χ0n) is 13.3. The molecule has 0 N–H and O–H groups in total. The largest absolute Gasteiger partial charge is 0.0834 e. The van der Waals surface area contributed by atoms with Crippen molar-refractivity contribution in [1.29, 1.82) is 0 Å². The summed E-state index contributed by atoms with van der Waals surface area (Å²) in [5.74, 6) is 0. The summed E-state index contributed by atoms with van der Waals surface area (Å²) in [6.45, 7) is 7.43. The fourth-order valence-corrected chi connectivity index (χ4v) is 6.04. The maximum atomic E-state index is 2.48. The Morgan fingerprint density at radius 1 is 0.952 bits per heavy atom. The molecule has 1 aliphatic rings. The van der Waals surface area contributed by atoms with E-state index in [4.69, 9.17) is 0 Å². The van der Waals surface area contributed by atoms with Crippen molar-refractivity contribution in [3.63, 3.8) is 0 Å². The van der Waals surface area contributed by atoms with Crippen molar-refractivity contribution < 1.29 is 0 Å². The van der Waals surface area contributed by atoms with Gasteiger partial charge in [0.25, 0.3) is 0 Å². The van der Waals surface area contributed by atoms with E-state index in [-0.39, 0.29) is 5.41 Å². The van der Waals surface area contributed by atoms with E-state index in [0.29, 0.717) is 0 Å². The Balaban J connectivity index is 2.20. The van der Waals surface area contributed by atoms with E-state index in [9.17, 15) is 0 Å². The van der Waals surface area contributed by atoms with Gasteiger partial charge in [-0.2, -0.15) is 0 Å². The molecule has 0 amide bonds. The van der Waals surface area contributed by atoms with Gasteiger partial charge in [0.05, 0.1) is 0 Å². The van der Waals surface area contributed by atoms with Crippen LogP contribution < -0.4 is 0 Å². The van der Waals surface area contributed by atoms with Crippen LogP contribution in [-0.4, -0.2) is 8.07 Å². The van der Waals surface area contributed by atoms with Crippen LogP contribution in [0.15, 0.2) is 66.8 Å². The quantitative estimate of drug-likeness (QED) is 0.615. The van der Waals surface area contributed by atoms with Crippen LogP contribution in [0.5, 0.6) is 0 Å². The molecule has 0 nitrogen and oxygen atoms in total. The maximum Gasteiger partial charge on any atom is 0.0454 e. The molecule has 108 valence electrons. The highest BCUT2D eigenvalue weighted by Crippen LogP contribution is 2.42. The third kappa shape index (κ3) is 2.89. The van der Waals surface area contributed by atoms with Crippen LogP contribution in [0, 0.1) is 0 Å². The molecule has 3 rings (SSSR count). The van der Waals surface area contributed by atoms with Gasteiger partial charge in [0, 0.05) is 13.5 Å². The Kier molecular flexibility index (Phi) is 3.62. The van der Waals surface area contributed by atoms with Crippen LogP contribution in [0.25, 0.3) is 10.8 Å². The summed E-state index contributed by atoms with van der Waals surface area (Å²) in [7, 11) is -1.17. The van der Waals surface area contributed by atoms with Crippen LogP contribution in [0.1, 0.15) is 12.0 Å². The van der Waals surface area contributed by atoms with Gasteiger partial charge in [-0.1, -0.05) is 86.4 Å². The van der Waals surface area contributed by atoms with Crippen LogP contribution >= 0.6 is 0 Å². The molecule has 1 aliphatic carbocycles. The summed E-state index contributed by atoms with van der Waals surface area (Å²) in [4.78, 5) is 0. The van der Waals surface area contributed by atoms with Gasteiger partial charge >= 0.3 is 0 Å². The second kappa shape index (κ2) is 5.30. The molecule has 1 unspecified atom stereocenters. The first kappa shape index (κ1) is 14.3. The molecule has 0 saturated carbocycles. The Bertz CT molecular complexity index is 698. The molecule has 0 spiro atoms. The smallest absolute Gasteiger partial charge is 0.0454 e. The van der Waals surface area contributed by atoms with Crippen molar-refractivity contribution in [2.24, 2.45) is 0 Å². The van der Waals surface area contributed by atoms with E-state index in [1.807, 2.05) is 0 Å². The predicted molar refractivity (Wildman–Crippen MR) is 96.7 cm³/mol. The third-order valence-electron chi connectivity index (χ3n) is 4.32. The summed E-state index contributed by atoms with van der Waals surface area (Å²) < 4.78 is 0. The molecule has 0 heterocycles. The molecule has 0 saturated heterocycles. The molecule has 0 aliphatic heterocycles. The molecule has 1 heteroatoms. The molecule has 0 aromatic heterocycles. The SMILES string of the molecule is C[Si](C)(C)CC1(c2cccc3ccccc23)C=CC=CC1. The van der Waals surface area contributed by atoms with Gasteiger partial charge in [0.1, 0.15) is 0 Å². The van der Waals surface area contributed by atoms with Gasteiger partial charge in [-0.05, 0) is 28.8 Å². The summed E-state index contributed by atoms with van der Waals surface area (Å²) in [5, 5.41) is 2.77. The summed E-state index contributed by atoms with van der Waals surface area (Å²) in [6, 6.07) is 16.9. The number of allylic oxidation sites excluding steroid dienone is 4. The molecule has 2 aromatic rings. The molecular weight excluding hydrogens is 268 g/mol. The fourth-order valence-electron chi connectivity index (χ4n) is 3.70. The van der Waals surface area contributed by atoms with E-state index in [1.54, 1.807) is 0 Å². The number of hydrogen-bond donors (Lipinski definition) is 0. The average Bonchev–Trinajstić information content (AvgIpc) is 2.46. The minimum atomic E-state index is -1.17. The minimum absolute atomic E-state index is 0.181. The second-order valence-corrected chi connectivity index (χ2v) is 12.9. The van der Waals surface area contributed by atoms with Gasteiger partial charge < -0.3 is 0 Å². The van der Waals surface area contributed by atoms with Gasteiger partial charge in [-0.15, -0.1) is 0 Å². The highest BCUT2D eigenvalue weighted by atomic mass is 28.3. The first-order valence-corrected chi connectivity index (χ1v) is 11.5. The first-order chi connectivity index (χ1) is 10.0. The zero-order chi connectivity index (χ0) is 14.9. The minimum Gasteiger partial charge on any atom is -0.0834 e. The first-order valence-electron chi connectivity index (χ1n) is 7.83. The molecular formula is C20H24Si. The average molecular weight is 292 g/mol. The van der Waals surface area contributed by atoms with Crippen molar-refractivity contribution >= 4 is 18.8 Å². The van der Waals surface area contributed by atoms with Crippen LogP contribution in [0.3, 0.4) is 0 Å². The summed E-state index contributed by atoms with van der Waals surface area (Å²) >= 11 is 0. The Labute approximate surface area is 129 Å². The fraction of sp³-hybridized carbons (Fsp3) is 0.300. The van der Waals surface area contributed by atoms with Crippen LogP contribution in [0.4, 0.5) is 0 Å². The van der Waals surface area contributed by atoms with Crippen molar-refractivity contribution in [3.8, 4) is 0 Å². The summed E-state index contributed by atoms with van der Waals surface area (Å²) in [5.41, 5.74) is 1.68. The molecule has 1 atom stereocenters.